The van der Waals surface area contributed by atoms with Gasteiger partial charge in [0.15, 0.2) is 0 Å². The Labute approximate surface area is 205 Å². The van der Waals surface area contributed by atoms with E-state index in [1.54, 1.807) is 10.8 Å². The predicted octanol–water partition coefficient (Wildman–Crippen LogP) is 3.08. The van der Waals surface area contributed by atoms with E-state index in [4.69, 9.17) is 17.1 Å². The molecule has 1 saturated heterocycles. The van der Waals surface area contributed by atoms with Gasteiger partial charge >= 0.3 is 0 Å². The first-order valence-electron chi connectivity index (χ1n) is 12.4. The lowest BCUT2D eigenvalue weighted by Gasteiger charge is -2.42. The lowest BCUT2D eigenvalue weighted by atomic mass is 9.73. The molecule has 6 rings (SSSR count). The van der Waals surface area contributed by atoms with Gasteiger partial charge in [0.05, 0.1) is 17.6 Å². The van der Waals surface area contributed by atoms with Crippen molar-refractivity contribution in [1.29, 1.82) is 0 Å². The van der Waals surface area contributed by atoms with E-state index in [1.165, 1.54) is 11.1 Å². The molecule has 4 heterocycles. The molecule has 7 heteroatoms. The van der Waals surface area contributed by atoms with E-state index in [9.17, 15) is 4.79 Å². The summed E-state index contributed by atoms with van der Waals surface area (Å²) in [6.07, 6.45) is 14.0. The predicted molar refractivity (Wildman–Crippen MR) is 138 cm³/mol. The number of rotatable bonds is 2. The van der Waals surface area contributed by atoms with E-state index >= 15 is 0 Å². The van der Waals surface area contributed by atoms with E-state index in [0.29, 0.717) is 5.69 Å². The smallest absolute Gasteiger partial charge is 0.278 e. The number of pyridine rings is 1. The van der Waals surface area contributed by atoms with Crippen molar-refractivity contribution in [1.82, 2.24) is 14.5 Å². The maximum Gasteiger partial charge on any atom is 0.278 e. The van der Waals surface area contributed by atoms with Gasteiger partial charge in [-0.2, -0.15) is 0 Å². The highest BCUT2D eigenvalue weighted by atomic mass is 16.1. The minimum atomic E-state index is -0.0289. The van der Waals surface area contributed by atoms with Crippen LogP contribution in [-0.4, -0.2) is 34.2 Å². The van der Waals surface area contributed by atoms with Crippen LogP contribution in [0, 0.1) is 17.8 Å². The van der Waals surface area contributed by atoms with Crippen molar-refractivity contribution in [2.24, 2.45) is 18.2 Å². The van der Waals surface area contributed by atoms with Crippen molar-refractivity contribution in [3.63, 3.8) is 0 Å². The van der Waals surface area contributed by atoms with Crippen molar-refractivity contribution in [2.75, 3.05) is 29.4 Å². The van der Waals surface area contributed by atoms with E-state index in [0.717, 1.165) is 74.6 Å². The van der Waals surface area contributed by atoms with Crippen LogP contribution in [0.25, 0.3) is 0 Å². The maximum absolute atomic E-state index is 13.5. The third-order valence-electron chi connectivity index (χ3n) is 8.26. The molecule has 178 valence electrons. The van der Waals surface area contributed by atoms with Crippen LogP contribution in [0.3, 0.4) is 0 Å². The third-order valence-corrected chi connectivity index (χ3v) is 8.26. The SMILES string of the molecule is C#Cc1ccc2c(c1)[C@@H](N)C1(CCN(c3ncc(N4CCCc5ncccc54)c(=O)n3C)CC1)C2. The molecule has 3 aliphatic rings. The second-order valence-electron chi connectivity index (χ2n) is 10.1. The summed E-state index contributed by atoms with van der Waals surface area (Å²) in [5.74, 6) is 3.45. The lowest BCUT2D eigenvalue weighted by Crippen LogP contribution is -2.46. The minimum Gasteiger partial charge on any atom is -0.342 e. The molecule has 7 nitrogen and oxygen atoms in total. The molecule has 0 bridgehead atoms. The molecule has 0 amide bonds. The zero-order valence-corrected chi connectivity index (χ0v) is 20.1. The van der Waals surface area contributed by atoms with Crippen LogP contribution in [-0.2, 0) is 19.9 Å². The molecule has 2 aliphatic heterocycles. The molecular formula is C28H30N6O. The van der Waals surface area contributed by atoms with E-state index in [2.05, 4.69) is 32.8 Å². The van der Waals surface area contributed by atoms with Gasteiger partial charge in [-0.1, -0.05) is 12.0 Å². The molecule has 1 aromatic carbocycles. The molecule has 0 radical (unpaired) electrons. The summed E-state index contributed by atoms with van der Waals surface area (Å²) in [7, 11) is 1.82. The minimum absolute atomic E-state index is 0.0140. The van der Waals surface area contributed by atoms with Gasteiger partial charge in [-0.3, -0.25) is 14.3 Å². The Morgan fingerprint density at radius 1 is 1.14 bits per heavy atom. The Morgan fingerprint density at radius 3 is 2.77 bits per heavy atom. The molecular weight excluding hydrogens is 436 g/mol. The standard InChI is InChI=1S/C28H30N6O/c1-3-19-8-9-20-17-28(25(29)21(20)16-19)10-14-33(15-11-28)27-31-18-24(26(35)32(27)2)34-13-5-6-22-23(34)7-4-12-30-22/h1,4,7-9,12,16,18,25H,5-6,10-11,13-15,17,29H2,2H3/t25-/m1/s1. The van der Waals surface area contributed by atoms with Crippen LogP contribution < -0.4 is 21.1 Å². The summed E-state index contributed by atoms with van der Waals surface area (Å²) in [6, 6.07) is 10.2. The molecule has 1 fully saturated rings. The number of piperidine rings is 1. The summed E-state index contributed by atoms with van der Waals surface area (Å²) in [4.78, 5) is 27.0. The number of aromatic nitrogens is 3. The Balaban J connectivity index is 1.23. The van der Waals surface area contributed by atoms with Crippen molar-refractivity contribution in [3.05, 3.63) is 75.5 Å². The fourth-order valence-electron chi connectivity index (χ4n) is 6.24. The van der Waals surface area contributed by atoms with Crippen LogP contribution in [0.1, 0.15) is 47.7 Å². The Kier molecular flexibility index (Phi) is 5.15. The summed E-state index contributed by atoms with van der Waals surface area (Å²) >= 11 is 0. The number of benzene rings is 1. The maximum atomic E-state index is 13.5. The van der Waals surface area contributed by atoms with Crippen molar-refractivity contribution >= 4 is 17.3 Å². The number of fused-ring (bicyclic) bond motifs is 2. The molecule has 1 atom stereocenters. The van der Waals surface area contributed by atoms with Gasteiger partial charge in [0.1, 0.15) is 5.69 Å². The highest BCUT2D eigenvalue weighted by Gasteiger charge is 2.46. The first-order chi connectivity index (χ1) is 17.0. The van der Waals surface area contributed by atoms with Gasteiger partial charge in [-0.25, -0.2) is 4.98 Å². The second kappa shape index (κ2) is 8.24. The van der Waals surface area contributed by atoms with Gasteiger partial charge in [-0.15, -0.1) is 6.42 Å². The summed E-state index contributed by atoms with van der Waals surface area (Å²) in [6.45, 7) is 2.43. The van der Waals surface area contributed by atoms with Gasteiger partial charge < -0.3 is 15.5 Å². The number of anilines is 3. The monoisotopic (exact) mass is 466 g/mol. The van der Waals surface area contributed by atoms with Gasteiger partial charge in [0, 0.05) is 44.5 Å². The highest BCUT2D eigenvalue weighted by molar-refractivity contribution is 5.65. The molecule has 0 unspecified atom stereocenters. The normalized spacial score (nSPS) is 20.4. The number of aryl methyl sites for hydroxylation is 1. The second-order valence-corrected chi connectivity index (χ2v) is 10.1. The average molecular weight is 467 g/mol. The number of terminal acetylenes is 1. The lowest BCUT2D eigenvalue weighted by molar-refractivity contribution is 0.186. The Hall–Kier alpha value is -3.63. The first kappa shape index (κ1) is 21.9. The van der Waals surface area contributed by atoms with E-state index in [1.807, 2.05) is 31.4 Å². The highest BCUT2D eigenvalue weighted by Crippen LogP contribution is 2.51. The van der Waals surface area contributed by atoms with E-state index in [-0.39, 0.29) is 17.0 Å². The molecule has 2 N–H and O–H groups in total. The van der Waals surface area contributed by atoms with Crippen molar-refractivity contribution in [2.45, 2.75) is 38.1 Å². The summed E-state index contributed by atoms with van der Waals surface area (Å²) < 4.78 is 1.69. The van der Waals surface area contributed by atoms with Crippen LogP contribution in [0.4, 0.5) is 17.3 Å². The molecule has 0 saturated carbocycles. The van der Waals surface area contributed by atoms with Gasteiger partial charge in [0.2, 0.25) is 5.95 Å². The molecule has 35 heavy (non-hydrogen) atoms. The quantitative estimate of drug-likeness (QED) is 0.585. The number of nitrogens with zero attached hydrogens (tertiary/aromatic N) is 5. The Morgan fingerprint density at radius 2 is 1.97 bits per heavy atom. The van der Waals surface area contributed by atoms with Crippen molar-refractivity contribution < 1.29 is 0 Å². The summed E-state index contributed by atoms with van der Waals surface area (Å²) in [5.41, 5.74) is 12.8. The zero-order chi connectivity index (χ0) is 24.2. The van der Waals surface area contributed by atoms with Crippen LogP contribution in [0.2, 0.25) is 0 Å². The molecule has 2 aromatic heterocycles. The zero-order valence-electron chi connectivity index (χ0n) is 20.1. The van der Waals surface area contributed by atoms with Crippen LogP contribution in [0.15, 0.2) is 47.5 Å². The molecule has 3 aromatic rings. The van der Waals surface area contributed by atoms with Gasteiger partial charge in [0.25, 0.3) is 5.56 Å². The third kappa shape index (κ3) is 3.43. The van der Waals surface area contributed by atoms with Gasteiger partial charge in [-0.05, 0) is 72.9 Å². The van der Waals surface area contributed by atoms with Crippen molar-refractivity contribution in [3.8, 4) is 12.3 Å². The average Bonchev–Trinajstić information content (AvgIpc) is 3.16. The molecule has 1 aliphatic carbocycles. The first-order valence-corrected chi connectivity index (χ1v) is 12.4. The largest absolute Gasteiger partial charge is 0.342 e. The number of hydrogen-bond acceptors (Lipinski definition) is 6. The fourth-order valence-corrected chi connectivity index (χ4v) is 6.24. The molecule has 1 spiro atoms. The van der Waals surface area contributed by atoms with E-state index < -0.39 is 0 Å². The van der Waals surface area contributed by atoms with Crippen LogP contribution >= 0.6 is 0 Å². The number of hydrogen-bond donors (Lipinski definition) is 1. The van der Waals surface area contributed by atoms with Crippen LogP contribution in [0.5, 0.6) is 0 Å². The number of nitrogens with two attached hydrogens (primary N) is 1. The topological polar surface area (TPSA) is 80.3 Å². The Bertz CT molecular complexity index is 1400. The summed E-state index contributed by atoms with van der Waals surface area (Å²) in [5, 5.41) is 0. The fraction of sp³-hybridized carbons (Fsp3) is 0.393.